The maximum absolute atomic E-state index is 11.4. The van der Waals surface area contributed by atoms with Gasteiger partial charge in [0.2, 0.25) is 0 Å². The minimum atomic E-state index is -0.446. The highest BCUT2D eigenvalue weighted by Gasteiger charge is 2.16. The Morgan fingerprint density at radius 1 is 1.60 bits per heavy atom. The maximum Gasteiger partial charge on any atom is 0.358 e. The fourth-order valence-electron chi connectivity index (χ4n) is 1.49. The molecule has 2 N–H and O–H groups in total. The van der Waals surface area contributed by atoms with E-state index in [1.54, 1.807) is 10.5 Å². The Morgan fingerprint density at radius 3 is 3.07 bits per heavy atom. The van der Waals surface area contributed by atoms with E-state index in [0.29, 0.717) is 17.0 Å². The van der Waals surface area contributed by atoms with E-state index in [-0.39, 0.29) is 6.54 Å². The van der Waals surface area contributed by atoms with Gasteiger partial charge in [0.1, 0.15) is 5.82 Å². The second-order valence-electron chi connectivity index (χ2n) is 3.03. The molecule has 2 rings (SSSR count). The van der Waals surface area contributed by atoms with Gasteiger partial charge in [-0.05, 0) is 12.1 Å². The first kappa shape index (κ1) is 9.67. The molecule has 5 heteroatoms. The van der Waals surface area contributed by atoms with Crippen molar-refractivity contribution in [1.29, 1.82) is 0 Å². The van der Waals surface area contributed by atoms with Crippen molar-refractivity contribution < 1.29 is 9.53 Å². The number of pyridine rings is 1. The van der Waals surface area contributed by atoms with Crippen molar-refractivity contribution in [3.05, 3.63) is 35.9 Å². The SMILES string of the molecule is COC(=O)c1nc(CN)n2ccccc12. The lowest BCUT2D eigenvalue weighted by molar-refractivity contribution is 0.0597. The van der Waals surface area contributed by atoms with Crippen LogP contribution < -0.4 is 5.73 Å². The van der Waals surface area contributed by atoms with Gasteiger partial charge in [-0.1, -0.05) is 6.07 Å². The minimum absolute atomic E-state index is 0.280. The van der Waals surface area contributed by atoms with Crippen LogP contribution in [0.4, 0.5) is 0 Å². The van der Waals surface area contributed by atoms with Gasteiger partial charge in [0, 0.05) is 6.20 Å². The van der Waals surface area contributed by atoms with E-state index in [2.05, 4.69) is 9.72 Å². The quantitative estimate of drug-likeness (QED) is 0.728. The molecule has 0 unspecified atom stereocenters. The van der Waals surface area contributed by atoms with Crippen molar-refractivity contribution in [1.82, 2.24) is 9.38 Å². The molecule has 2 aromatic rings. The molecule has 2 heterocycles. The van der Waals surface area contributed by atoms with Crippen LogP contribution in [0.1, 0.15) is 16.3 Å². The zero-order valence-electron chi connectivity index (χ0n) is 8.30. The molecule has 0 atom stereocenters. The van der Waals surface area contributed by atoms with Crippen molar-refractivity contribution in [2.75, 3.05) is 7.11 Å². The number of aromatic nitrogens is 2. The molecule has 78 valence electrons. The van der Waals surface area contributed by atoms with Gasteiger partial charge in [-0.2, -0.15) is 0 Å². The first-order chi connectivity index (χ1) is 7.27. The predicted octanol–water partition coefficient (Wildman–Crippen LogP) is 0.580. The summed E-state index contributed by atoms with van der Waals surface area (Å²) in [6, 6.07) is 5.50. The summed E-state index contributed by atoms with van der Waals surface area (Å²) in [6.45, 7) is 0.280. The van der Waals surface area contributed by atoms with Crippen molar-refractivity contribution >= 4 is 11.5 Å². The largest absolute Gasteiger partial charge is 0.464 e. The highest BCUT2D eigenvalue weighted by molar-refractivity contribution is 5.95. The fraction of sp³-hybridized carbons (Fsp3) is 0.200. The van der Waals surface area contributed by atoms with Gasteiger partial charge in [-0.25, -0.2) is 9.78 Å². The van der Waals surface area contributed by atoms with Crippen molar-refractivity contribution in [2.45, 2.75) is 6.54 Å². The van der Waals surface area contributed by atoms with E-state index in [9.17, 15) is 4.79 Å². The summed E-state index contributed by atoms with van der Waals surface area (Å²) in [7, 11) is 1.33. The van der Waals surface area contributed by atoms with Gasteiger partial charge in [0.05, 0.1) is 19.2 Å². The van der Waals surface area contributed by atoms with E-state index in [4.69, 9.17) is 5.73 Å². The van der Waals surface area contributed by atoms with Gasteiger partial charge in [0.15, 0.2) is 5.69 Å². The lowest BCUT2D eigenvalue weighted by Crippen LogP contribution is -2.03. The number of ether oxygens (including phenoxy) is 1. The van der Waals surface area contributed by atoms with E-state index in [1.165, 1.54) is 7.11 Å². The van der Waals surface area contributed by atoms with Crippen LogP contribution in [-0.2, 0) is 11.3 Å². The first-order valence-electron chi connectivity index (χ1n) is 4.52. The molecule has 0 aliphatic rings. The van der Waals surface area contributed by atoms with Gasteiger partial charge in [-0.3, -0.25) is 0 Å². The molecule has 0 amide bonds. The van der Waals surface area contributed by atoms with E-state index >= 15 is 0 Å². The average molecular weight is 205 g/mol. The number of methoxy groups -OCH3 is 1. The van der Waals surface area contributed by atoms with Gasteiger partial charge < -0.3 is 14.9 Å². The number of fused-ring (bicyclic) bond motifs is 1. The van der Waals surface area contributed by atoms with Crippen LogP contribution in [0.25, 0.3) is 5.52 Å². The van der Waals surface area contributed by atoms with Crippen molar-refractivity contribution in [3.63, 3.8) is 0 Å². The first-order valence-corrected chi connectivity index (χ1v) is 4.52. The molecule has 0 bridgehead atoms. The Labute approximate surface area is 86.5 Å². The third-order valence-electron chi connectivity index (χ3n) is 2.18. The normalized spacial score (nSPS) is 10.5. The van der Waals surface area contributed by atoms with Crippen LogP contribution in [0.3, 0.4) is 0 Å². The second-order valence-corrected chi connectivity index (χ2v) is 3.03. The number of carbonyl (C=O) groups excluding carboxylic acids is 1. The Bertz CT molecular complexity index is 504. The molecular weight excluding hydrogens is 194 g/mol. The van der Waals surface area contributed by atoms with Crippen LogP contribution in [-0.4, -0.2) is 22.5 Å². The summed E-state index contributed by atoms with van der Waals surface area (Å²) in [6.07, 6.45) is 1.82. The van der Waals surface area contributed by atoms with Crippen molar-refractivity contribution in [3.8, 4) is 0 Å². The Kier molecular flexibility index (Phi) is 2.39. The molecule has 0 aromatic carbocycles. The molecule has 0 aliphatic carbocycles. The number of esters is 1. The fourth-order valence-corrected chi connectivity index (χ4v) is 1.49. The monoisotopic (exact) mass is 205 g/mol. The van der Waals surface area contributed by atoms with Crippen LogP contribution in [0.5, 0.6) is 0 Å². The number of nitrogens with zero attached hydrogens (tertiary/aromatic N) is 2. The zero-order valence-corrected chi connectivity index (χ0v) is 8.30. The molecule has 15 heavy (non-hydrogen) atoms. The maximum atomic E-state index is 11.4. The number of imidazole rings is 1. The number of hydrogen-bond donors (Lipinski definition) is 1. The van der Waals surface area contributed by atoms with Crippen LogP contribution in [0, 0.1) is 0 Å². The second kappa shape index (κ2) is 3.70. The van der Waals surface area contributed by atoms with Crippen molar-refractivity contribution in [2.24, 2.45) is 5.73 Å². The lowest BCUT2D eigenvalue weighted by atomic mass is 10.3. The molecule has 0 saturated carbocycles. The van der Waals surface area contributed by atoms with E-state index in [1.807, 2.05) is 18.3 Å². The number of rotatable bonds is 2. The summed E-state index contributed by atoms with van der Waals surface area (Å²) in [5.74, 6) is 0.199. The Morgan fingerprint density at radius 2 is 2.40 bits per heavy atom. The Hall–Kier alpha value is -1.88. The highest BCUT2D eigenvalue weighted by atomic mass is 16.5. The van der Waals surface area contributed by atoms with E-state index in [0.717, 1.165) is 0 Å². The predicted molar refractivity (Wildman–Crippen MR) is 54.4 cm³/mol. The van der Waals surface area contributed by atoms with Gasteiger partial charge >= 0.3 is 5.97 Å². The number of hydrogen-bond acceptors (Lipinski definition) is 4. The molecule has 0 saturated heterocycles. The number of nitrogens with two attached hydrogens (primary N) is 1. The van der Waals surface area contributed by atoms with E-state index < -0.39 is 5.97 Å². The van der Waals surface area contributed by atoms with Crippen LogP contribution in [0.15, 0.2) is 24.4 Å². The summed E-state index contributed by atoms with van der Waals surface area (Å²) >= 11 is 0. The molecule has 0 spiro atoms. The lowest BCUT2D eigenvalue weighted by Gasteiger charge is -1.96. The number of carbonyl (C=O) groups is 1. The standard InChI is InChI=1S/C10H11N3O2/c1-15-10(14)9-7-4-2-3-5-13(7)8(6-11)12-9/h2-5H,6,11H2,1H3. The molecule has 5 nitrogen and oxygen atoms in total. The van der Waals surface area contributed by atoms with Gasteiger partial charge in [-0.15, -0.1) is 0 Å². The molecule has 0 fully saturated rings. The topological polar surface area (TPSA) is 69.6 Å². The summed E-state index contributed by atoms with van der Waals surface area (Å²) in [5, 5.41) is 0. The molecule has 0 aliphatic heterocycles. The summed E-state index contributed by atoms with van der Waals surface area (Å²) in [4.78, 5) is 15.6. The Balaban J connectivity index is 2.70. The van der Waals surface area contributed by atoms with Crippen LogP contribution >= 0.6 is 0 Å². The smallest absolute Gasteiger partial charge is 0.358 e. The van der Waals surface area contributed by atoms with Gasteiger partial charge in [0.25, 0.3) is 0 Å². The average Bonchev–Trinajstić information content (AvgIpc) is 2.67. The summed E-state index contributed by atoms with van der Waals surface area (Å²) < 4.78 is 6.43. The third kappa shape index (κ3) is 1.46. The highest BCUT2D eigenvalue weighted by Crippen LogP contribution is 2.13. The molecular formula is C10H11N3O2. The minimum Gasteiger partial charge on any atom is -0.464 e. The van der Waals surface area contributed by atoms with Crippen LogP contribution in [0.2, 0.25) is 0 Å². The molecule has 2 aromatic heterocycles. The molecule has 0 radical (unpaired) electrons. The summed E-state index contributed by atoms with van der Waals surface area (Å²) in [5.41, 5.74) is 6.55. The third-order valence-corrected chi connectivity index (χ3v) is 2.18. The zero-order chi connectivity index (χ0) is 10.8.